The number of nitrogens with one attached hydrogen (secondary N) is 1. The molecule has 0 fully saturated rings. The SMILES string of the molecule is CC(C)CCOCCNCc1ccc(C(N)=O)cc1Cl. The minimum atomic E-state index is -0.468. The van der Waals surface area contributed by atoms with Crippen LogP contribution in [0.15, 0.2) is 18.2 Å². The largest absolute Gasteiger partial charge is 0.380 e. The van der Waals surface area contributed by atoms with E-state index in [2.05, 4.69) is 19.2 Å². The van der Waals surface area contributed by atoms with E-state index in [0.717, 1.165) is 25.1 Å². The van der Waals surface area contributed by atoms with Crippen LogP contribution in [-0.4, -0.2) is 25.7 Å². The van der Waals surface area contributed by atoms with Gasteiger partial charge in [-0.15, -0.1) is 0 Å². The molecule has 4 nitrogen and oxygen atoms in total. The number of carbonyl (C=O) groups excluding carboxylic acids is 1. The van der Waals surface area contributed by atoms with E-state index < -0.39 is 5.91 Å². The van der Waals surface area contributed by atoms with E-state index in [1.165, 1.54) is 0 Å². The second-order valence-corrected chi connectivity index (χ2v) is 5.55. The molecule has 0 heterocycles. The van der Waals surface area contributed by atoms with Crippen molar-refractivity contribution in [2.75, 3.05) is 19.8 Å². The summed E-state index contributed by atoms with van der Waals surface area (Å²) >= 11 is 6.09. The molecule has 1 aromatic carbocycles. The van der Waals surface area contributed by atoms with Gasteiger partial charge in [0.1, 0.15) is 0 Å². The summed E-state index contributed by atoms with van der Waals surface area (Å²) in [6, 6.07) is 5.10. The van der Waals surface area contributed by atoms with Crippen LogP contribution in [0.5, 0.6) is 0 Å². The Kier molecular flexibility index (Phi) is 7.59. The molecule has 0 saturated carbocycles. The molecule has 20 heavy (non-hydrogen) atoms. The Morgan fingerprint density at radius 1 is 1.40 bits per heavy atom. The molecule has 5 heteroatoms. The highest BCUT2D eigenvalue weighted by molar-refractivity contribution is 6.31. The molecule has 0 radical (unpaired) electrons. The molecule has 0 unspecified atom stereocenters. The third-order valence-electron chi connectivity index (χ3n) is 2.92. The molecule has 1 rings (SSSR count). The molecule has 0 spiro atoms. The lowest BCUT2D eigenvalue weighted by molar-refractivity contribution is 0.100. The quantitative estimate of drug-likeness (QED) is 0.689. The van der Waals surface area contributed by atoms with E-state index >= 15 is 0 Å². The van der Waals surface area contributed by atoms with E-state index in [1.807, 2.05) is 6.07 Å². The van der Waals surface area contributed by atoms with Crippen LogP contribution in [0.1, 0.15) is 36.2 Å². The number of benzene rings is 1. The van der Waals surface area contributed by atoms with Crippen LogP contribution in [0.3, 0.4) is 0 Å². The summed E-state index contributed by atoms with van der Waals surface area (Å²) in [5.74, 6) is 0.204. The molecule has 0 aliphatic carbocycles. The summed E-state index contributed by atoms with van der Waals surface area (Å²) in [5.41, 5.74) is 6.56. The average molecular weight is 299 g/mol. The van der Waals surface area contributed by atoms with Gasteiger partial charge in [-0.05, 0) is 30.0 Å². The summed E-state index contributed by atoms with van der Waals surface area (Å²) in [6.45, 7) is 7.26. The first-order chi connectivity index (χ1) is 9.50. The Morgan fingerprint density at radius 3 is 2.75 bits per heavy atom. The van der Waals surface area contributed by atoms with Gasteiger partial charge in [0.25, 0.3) is 0 Å². The van der Waals surface area contributed by atoms with E-state index in [-0.39, 0.29) is 0 Å². The van der Waals surface area contributed by atoms with Gasteiger partial charge < -0.3 is 15.8 Å². The van der Waals surface area contributed by atoms with Crippen molar-refractivity contribution in [2.24, 2.45) is 11.7 Å². The lowest BCUT2D eigenvalue weighted by atomic mass is 10.1. The van der Waals surface area contributed by atoms with Gasteiger partial charge in [0, 0.05) is 30.3 Å². The van der Waals surface area contributed by atoms with Crippen molar-refractivity contribution in [1.82, 2.24) is 5.32 Å². The highest BCUT2D eigenvalue weighted by atomic mass is 35.5. The normalized spacial score (nSPS) is 11.0. The van der Waals surface area contributed by atoms with E-state index in [4.69, 9.17) is 22.1 Å². The summed E-state index contributed by atoms with van der Waals surface area (Å²) < 4.78 is 5.51. The van der Waals surface area contributed by atoms with Crippen molar-refractivity contribution >= 4 is 17.5 Å². The molecule has 0 aliphatic heterocycles. The minimum Gasteiger partial charge on any atom is -0.380 e. The second-order valence-electron chi connectivity index (χ2n) is 5.14. The summed E-state index contributed by atoms with van der Waals surface area (Å²) in [4.78, 5) is 11.0. The first-order valence-electron chi connectivity index (χ1n) is 6.87. The number of amides is 1. The fourth-order valence-corrected chi connectivity index (χ4v) is 1.88. The van der Waals surface area contributed by atoms with E-state index in [9.17, 15) is 4.79 Å². The predicted molar refractivity (Wildman–Crippen MR) is 82.0 cm³/mol. The minimum absolute atomic E-state index is 0.427. The van der Waals surface area contributed by atoms with Gasteiger partial charge in [0.15, 0.2) is 0 Å². The van der Waals surface area contributed by atoms with Crippen molar-refractivity contribution in [2.45, 2.75) is 26.8 Å². The highest BCUT2D eigenvalue weighted by Gasteiger charge is 2.05. The number of ether oxygens (including phenoxy) is 1. The third kappa shape index (κ3) is 6.37. The van der Waals surface area contributed by atoms with Gasteiger partial charge in [-0.2, -0.15) is 0 Å². The van der Waals surface area contributed by atoms with Crippen LogP contribution in [0.2, 0.25) is 5.02 Å². The van der Waals surface area contributed by atoms with Gasteiger partial charge in [-0.25, -0.2) is 0 Å². The number of nitrogens with two attached hydrogens (primary N) is 1. The Bertz CT molecular complexity index is 436. The Hall–Kier alpha value is -1.10. The molecule has 112 valence electrons. The summed E-state index contributed by atoms with van der Waals surface area (Å²) in [5, 5.41) is 3.80. The molecule has 0 bridgehead atoms. The molecule has 0 saturated heterocycles. The number of hydrogen-bond acceptors (Lipinski definition) is 3. The number of primary amides is 1. The highest BCUT2D eigenvalue weighted by Crippen LogP contribution is 2.17. The Labute approximate surface area is 125 Å². The van der Waals surface area contributed by atoms with Gasteiger partial charge in [0.2, 0.25) is 5.91 Å². The van der Waals surface area contributed by atoms with Crippen molar-refractivity contribution in [1.29, 1.82) is 0 Å². The van der Waals surface area contributed by atoms with Crippen LogP contribution in [0.4, 0.5) is 0 Å². The topological polar surface area (TPSA) is 64.3 Å². The lowest BCUT2D eigenvalue weighted by Crippen LogP contribution is -2.20. The molecule has 1 amide bonds. The smallest absolute Gasteiger partial charge is 0.248 e. The van der Waals surface area contributed by atoms with Crippen molar-refractivity contribution in [3.8, 4) is 0 Å². The van der Waals surface area contributed by atoms with Gasteiger partial charge in [-0.1, -0.05) is 31.5 Å². The average Bonchev–Trinajstić information content (AvgIpc) is 2.38. The molecular weight excluding hydrogens is 276 g/mol. The summed E-state index contributed by atoms with van der Waals surface area (Å²) in [7, 11) is 0. The fourth-order valence-electron chi connectivity index (χ4n) is 1.63. The first-order valence-corrected chi connectivity index (χ1v) is 7.25. The van der Waals surface area contributed by atoms with Gasteiger partial charge in [-0.3, -0.25) is 4.79 Å². The van der Waals surface area contributed by atoms with E-state index in [0.29, 0.717) is 29.7 Å². The molecular formula is C15H23ClN2O2. The zero-order valence-corrected chi connectivity index (χ0v) is 12.9. The van der Waals surface area contributed by atoms with Crippen LogP contribution < -0.4 is 11.1 Å². The van der Waals surface area contributed by atoms with Crippen molar-refractivity contribution < 1.29 is 9.53 Å². The molecule has 0 aliphatic rings. The Morgan fingerprint density at radius 2 is 2.15 bits per heavy atom. The zero-order valence-electron chi connectivity index (χ0n) is 12.1. The van der Waals surface area contributed by atoms with Crippen LogP contribution >= 0.6 is 11.6 Å². The third-order valence-corrected chi connectivity index (χ3v) is 3.27. The van der Waals surface area contributed by atoms with E-state index in [1.54, 1.807) is 12.1 Å². The molecule has 0 atom stereocenters. The monoisotopic (exact) mass is 298 g/mol. The fraction of sp³-hybridized carbons (Fsp3) is 0.533. The first kappa shape index (κ1) is 17.0. The molecule has 3 N–H and O–H groups in total. The maximum absolute atomic E-state index is 11.0. The van der Waals surface area contributed by atoms with Crippen molar-refractivity contribution in [3.05, 3.63) is 34.3 Å². The Balaban J connectivity index is 2.24. The molecule has 1 aromatic rings. The van der Waals surface area contributed by atoms with Gasteiger partial charge in [0.05, 0.1) is 6.61 Å². The lowest BCUT2D eigenvalue weighted by Gasteiger charge is -2.09. The van der Waals surface area contributed by atoms with Crippen LogP contribution in [-0.2, 0) is 11.3 Å². The maximum Gasteiger partial charge on any atom is 0.248 e. The van der Waals surface area contributed by atoms with Crippen LogP contribution in [0.25, 0.3) is 0 Å². The number of hydrogen-bond donors (Lipinski definition) is 2. The second kappa shape index (κ2) is 8.95. The summed E-state index contributed by atoms with van der Waals surface area (Å²) in [6.07, 6.45) is 1.08. The predicted octanol–water partition coefficient (Wildman–Crippen LogP) is 2.59. The number of rotatable bonds is 9. The zero-order chi connectivity index (χ0) is 15.0. The van der Waals surface area contributed by atoms with Crippen molar-refractivity contribution in [3.63, 3.8) is 0 Å². The number of carbonyl (C=O) groups is 1. The standard InChI is InChI=1S/C15H23ClN2O2/c1-11(2)5-7-20-8-6-18-10-13-4-3-12(15(17)19)9-14(13)16/h3-4,9,11,18H,5-8,10H2,1-2H3,(H2,17,19). The van der Waals surface area contributed by atoms with Gasteiger partial charge >= 0.3 is 0 Å². The van der Waals surface area contributed by atoms with Crippen LogP contribution in [0, 0.1) is 5.92 Å². The number of halogens is 1. The maximum atomic E-state index is 11.0. The molecule has 0 aromatic heterocycles.